The van der Waals surface area contributed by atoms with Crippen LogP contribution in [0.1, 0.15) is 31.9 Å². The summed E-state index contributed by atoms with van der Waals surface area (Å²) < 4.78 is 16.8. The summed E-state index contributed by atoms with van der Waals surface area (Å²) in [5.74, 6) is 1.58. The molecule has 4 heteroatoms. The highest BCUT2D eigenvalue weighted by Crippen LogP contribution is 2.31. The predicted octanol–water partition coefficient (Wildman–Crippen LogP) is 2.27. The lowest BCUT2D eigenvalue weighted by molar-refractivity contribution is 0.0682. The van der Waals surface area contributed by atoms with E-state index in [-0.39, 0.29) is 12.1 Å². The van der Waals surface area contributed by atoms with Gasteiger partial charge in [-0.3, -0.25) is 0 Å². The van der Waals surface area contributed by atoms with Crippen molar-refractivity contribution in [2.45, 2.75) is 32.4 Å². The number of nitrogens with two attached hydrogens (primary N) is 1. The van der Waals surface area contributed by atoms with Gasteiger partial charge in [-0.1, -0.05) is 6.07 Å². The predicted molar refractivity (Wildman–Crippen MR) is 70.1 cm³/mol. The van der Waals surface area contributed by atoms with Gasteiger partial charge in [0.1, 0.15) is 0 Å². The second-order valence-corrected chi connectivity index (χ2v) is 4.75. The standard InChI is InChI=1S/C14H21NO3/c1-10(2)18-9-12(15)11-4-5-13-14(8-11)17-7-3-6-16-13/h4-5,8,10,12H,3,6-7,9,15H2,1-2H3. The van der Waals surface area contributed by atoms with Gasteiger partial charge in [0, 0.05) is 6.42 Å². The largest absolute Gasteiger partial charge is 0.490 e. The molecule has 0 saturated carbocycles. The minimum atomic E-state index is -0.135. The van der Waals surface area contributed by atoms with Gasteiger partial charge < -0.3 is 19.9 Å². The van der Waals surface area contributed by atoms with Gasteiger partial charge >= 0.3 is 0 Å². The van der Waals surface area contributed by atoms with E-state index in [9.17, 15) is 0 Å². The van der Waals surface area contributed by atoms with Crippen molar-refractivity contribution in [3.63, 3.8) is 0 Å². The maximum absolute atomic E-state index is 6.09. The normalized spacial score (nSPS) is 16.4. The second kappa shape index (κ2) is 6.07. The van der Waals surface area contributed by atoms with Crippen molar-refractivity contribution < 1.29 is 14.2 Å². The molecule has 1 aliphatic heterocycles. The van der Waals surface area contributed by atoms with Crippen molar-refractivity contribution in [2.24, 2.45) is 5.73 Å². The fourth-order valence-electron chi connectivity index (χ4n) is 1.80. The quantitative estimate of drug-likeness (QED) is 0.892. The van der Waals surface area contributed by atoms with E-state index < -0.39 is 0 Å². The van der Waals surface area contributed by atoms with Gasteiger partial charge in [0.05, 0.1) is 32.0 Å². The SMILES string of the molecule is CC(C)OCC(N)c1ccc2c(c1)OCCCO2. The molecule has 1 aliphatic rings. The van der Waals surface area contributed by atoms with Gasteiger partial charge in [0.2, 0.25) is 0 Å². The van der Waals surface area contributed by atoms with E-state index in [0.717, 1.165) is 23.5 Å². The molecule has 0 fully saturated rings. The molecule has 0 aromatic heterocycles. The number of ether oxygens (including phenoxy) is 3. The van der Waals surface area contributed by atoms with Crippen LogP contribution in [0.25, 0.3) is 0 Å². The van der Waals surface area contributed by atoms with E-state index in [1.165, 1.54) is 0 Å². The molecule has 4 nitrogen and oxygen atoms in total. The van der Waals surface area contributed by atoms with Crippen LogP contribution in [0.5, 0.6) is 11.5 Å². The Hall–Kier alpha value is -1.26. The molecule has 1 aromatic carbocycles. The van der Waals surface area contributed by atoms with Crippen molar-refractivity contribution >= 4 is 0 Å². The molecule has 0 spiro atoms. The third kappa shape index (κ3) is 3.37. The van der Waals surface area contributed by atoms with Gasteiger partial charge in [-0.2, -0.15) is 0 Å². The maximum Gasteiger partial charge on any atom is 0.161 e. The first-order chi connectivity index (χ1) is 8.66. The number of hydrogen-bond donors (Lipinski definition) is 1. The number of fused-ring (bicyclic) bond motifs is 1. The summed E-state index contributed by atoms with van der Waals surface area (Å²) in [4.78, 5) is 0. The Balaban J connectivity index is 2.07. The van der Waals surface area contributed by atoms with Crippen LogP contribution in [0.3, 0.4) is 0 Å². The third-order valence-electron chi connectivity index (χ3n) is 2.81. The zero-order chi connectivity index (χ0) is 13.0. The summed E-state index contributed by atoms with van der Waals surface area (Å²) >= 11 is 0. The molecule has 0 amide bonds. The zero-order valence-corrected chi connectivity index (χ0v) is 11.0. The maximum atomic E-state index is 6.09. The van der Waals surface area contributed by atoms with Gasteiger partial charge in [-0.25, -0.2) is 0 Å². The minimum absolute atomic E-state index is 0.135. The first-order valence-electron chi connectivity index (χ1n) is 6.43. The lowest BCUT2D eigenvalue weighted by Gasteiger charge is -2.16. The Morgan fingerprint density at radius 3 is 2.67 bits per heavy atom. The van der Waals surface area contributed by atoms with Crippen molar-refractivity contribution in [2.75, 3.05) is 19.8 Å². The monoisotopic (exact) mass is 251 g/mol. The number of rotatable bonds is 4. The van der Waals surface area contributed by atoms with Gasteiger partial charge in [-0.05, 0) is 31.5 Å². The van der Waals surface area contributed by atoms with Gasteiger partial charge in [0.25, 0.3) is 0 Å². The summed E-state index contributed by atoms with van der Waals surface area (Å²) in [6.45, 7) is 5.90. The molecule has 1 atom stereocenters. The Morgan fingerprint density at radius 2 is 1.94 bits per heavy atom. The lowest BCUT2D eigenvalue weighted by Crippen LogP contribution is -2.19. The Kier molecular flexibility index (Phi) is 4.44. The highest BCUT2D eigenvalue weighted by atomic mass is 16.5. The average molecular weight is 251 g/mol. The molecular formula is C14H21NO3. The smallest absolute Gasteiger partial charge is 0.161 e. The van der Waals surface area contributed by atoms with E-state index in [1.54, 1.807) is 0 Å². The van der Waals surface area contributed by atoms with Crippen LogP contribution in [0.2, 0.25) is 0 Å². The van der Waals surface area contributed by atoms with Crippen molar-refractivity contribution in [3.8, 4) is 11.5 Å². The van der Waals surface area contributed by atoms with Crippen LogP contribution >= 0.6 is 0 Å². The summed E-state index contributed by atoms with van der Waals surface area (Å²) in [6, 6.07) is 5.71. The molecule has 2 rings (SSSR count). The molecule has 1 aromatic rings. The fourth-order valence-corrected chi connectivity index (χ4v) is 1.80. The molecular weight excluding hydrogens is 230 g/mol. The molecule has 0 bridgehead atoms. The molecule has 0 aliphatic carbocycles. The number of benzene rings is 1. The summed E-state index contributed by atoms with van der Waals surface area (Å²) in [6.07, 6.45) is 1.10. The molecule has 1 heterocycles. The molecule has 0 radical (unpaired) electrons. The van der Waals surface area contributed by atoms with Crippen LogP contribution in [0.15, 0.2) is 18.2 Å². The first kappa shape index (κ1) is 13.2. The van der Waals surface area contributed by atoms with Crippen LogP contribution in [0.4, 0.5) is 0 Å². The van der Waals surface area contributed by atoms with E-state index in [4.69, 9.17) is 19.9 Å². The Labute approximate surface area is 108 Å². The molecule has 1 unspecified atom stereocenters. The molecule has 18 heavy (non-hydrogen) atoms. The summed E-state index contributed by atoms with van der Waals surface area (Å²) in [5.41, 5.74) is 7.11. The molecule has 100 valence electrons. The average Bonchev–Trinajstić information content (AvgIpc) is 2.60. The Bertz CT molecular complexity index is 393. The lowest BCUT2D eigenvalue weighted by atomic mass is 10.1. The van der Waals surface area contributed by atoms with Crippen LogP contribution in [-0.4, -0.2) is 25.9 Å². The van der Waals surface area contributed by atoms with Gasteiger partial charge in [-0.15, -0.1) is 0 Å². The fraction of sp³-hybridized carbons (Fsp3) is 0.571. The summed E-state index contributed by atoms with van der Waals surface area (Å²) in [5, 5.41) is 0. The van der Waals surface area contributed by atoms with E-state index >= 15 is 0 Å². The van der Waals surface area contributed by atoms with Crippen molar-refractivity contribution in [1.29, 1.82) is 0 Å². The van der Waals surface area contributed by atoms with E-state index in [0.29, 0.717) is 19.8 Å². The van der Waals surface area contributed by atoms with Crippen LogP contribution in [-0.2, 0) is 4.74 Å². The molecule has 2 N–H and O–H groups in total. The first-order valence-corrected chi connectivity index (χ1v) is 6.43. The highest BCUT2D eigenvalue weighted by Gasteiger charge is 2.14. The van der Waals surface area contributed by atoms with E-state index in [2.05, 4.69) is 0 Å². The highest BCUT2D eigenvalue weighted by molar-refractivity contribution is 5.44. The topological polar surface area (TPSA) is 53.7 Å². The minimum Gasteiger partial charge on any atom is -0.490 e. The van der Waals surface area contributed by atoms with Crippen molar-refractivity contribution in [1.82, 2.24) is 0 Å². The zero-order valence-electron chi connectivity index (χ0n) is 11.0. The van der Waals surface area contributed by atoms with Crippen LogP contribution < -0.4 is 15.2 Å². The summed E-state index contributed by atoms with van der Waals surface area (Å²) in [7, 11) is 0. The van der Waals surface area contributed by atoms with E-state index in [1.807, 2.05) is 32.0 Å². The van der Waals surface area contributed by atoms with Crippen LogP contribution in [0, 0.1) is 0 Å². The third-order valence-corrected chi connectivity index (χ3v) is 2.81. The number of hydrogen-bond acceptors (Lipinski definition) is 4. The Morgan fingerprint density at radius 1 is 1.22 bits per heavy atom. The second-order valence-electron chi connectivity index (χ2n) is 4.75. The molecule has 0 saturated heterocycles. The van der Waals surface area contributed by atoms with Crippen molar-refractivity contribution in [3.05, 3.63) is 23.8 Å². The van der Waals surface area contributed by atoms with Gasteiger partial charge in [0.15, 0.2) is 11.5 Å².